The van der Waals surface area contributed by atoms with Crippen molar-refractivity contribution in [1.82, 2.24) is 15.2 Å². The average molecular weight is 269 g/mol. The molecule has 1 aliphatic rings. The Labute approximate surface area is 118 Å². The fourth-order valence-corrected chi connectivity index (χ4v) is 2.69. The van der Waals surface area contributed by atoms with Crippen LogP contribution in [0.1, 0.15) is 5.69 Å². The number of fused-ring (bicyclic) bond motifs is 1. The number of nitrogens with zero attached hydrogens (tertiary/aromatic N) is 1. The first-order valence-corrected chi connectivity index (χ1v) is 6.98. The van der Waals surface area contributed by atoms with Gasteiger partial charge in [0.15, 0.2) is 0 Å². The molecule has 0 saturated heterocycles. The molecule has 0 spiro atoms. The van der Waals surface area contributed by atoms with Crippen LogP contribution in [0.25, 0.3) is 10.9 Å². The summed E-state index contributed by atoms with van der Waals surface area (Å²) in [7, 11) is 0. The van der Waals surface area contributed by atoms with Crippen molar-refractivity contribution >= 4 is 16.8 Å². The van der Waals surface area contributed by atoms with Crippen molar-refractivity contribution in [2.24, 2.45) is 0 Å². The predicted octanol–water partition coefficient (Wildman–Crippen LogP) is 1.59. The Kier molecular flexibility index (Phi) is 3.56. The molecule has 4 heteroatoms. The van der Waals surface area contributed by atoms with E-state index in [9.17, 15) is 4.79 Å². The first kappa shape index (κ1) is 12.9. The van der Waals surface area contributed by atoms with Crippen LogP contribution >= 0.6 is 0 Å². The summed E-state index contributed by atoms with van der Waals surface area (Å²) in [6, 6.07) is 10.3. The summed E-state index contributed by atoms with van der Waals surface area (Å²) in [6.07, 6.45) is 3.89. The van der Waals surface area contributed by atoms with Gasteiger partial charge in [-0.25, -0.2) is 0 Å². The smallest absolute Gasteiger partial charge is 0.241 e. The molecule has 0 aliphatic carbocycles. The van der Waals surface area contributed by atoms with Crippen LogP contribution in [-0.2, 0) is 11.3 Å². The van der Waals surface area contributed by atoms with Gasteiger partial charge in [-0.15, -0.1) is 0 Å². The lowest BCUT2D eigenvalue weighted by molar-refractivity contribution is -0.121. The molecule has 0 saturated carbocycles. The van der Waals surface area contributed by atoms with Gasteiger partial charge in [0.25, 0.3) is 0 Å². The fourth-order valence-electron chi connectivity index (χ4n) is 2.69. The summed E-state index contributed by atoms with van der Waals surface area (Å²) in [6.45, 7) is 4.31. The van der Waals surface area contributed by atoms with Gasteiger partial charge < -0.3 is 9.88 Å². The average Bonchev–Trinajstić information content (AvgIpc) is 3.07. The van der Waals surface area contributed by atoms with E-state index in [1.165, 1.54) is 16.6 Å². The van der Waals surface area contributed by atoms with Gasteiger partial charge in [-0.05, 0) is 24.4 Å². The Morgan fingerprint density at radius 1 is 1.45 bits per heavy atom. The molecule has 1 aliphatic heterocycles. The Morgan fingerprint density at radius 2 is 2.30 bits per heavy atom. The van der Waals surface area contributed by atoms with Crippen LogP contribution in [0.15, 0.2) is 42.5 Å². The normalized spacial score (nSPS) is 17.8. The van der Waals surface area contributed by atoms with E-state index in [4.69, 9.17) is 0 Å². The molecule has 1 aromatic heterocycles. The first-order valence-electron chi connectivity index (χ1n) is 6.98. The molecule has 20 heavy (non-hydrogen) atoms. The molecule has 0 fully saturated rings. The highest BCUT2D eigenvalue weighted by Crippen LogP contribution is 2.18. The quantitative estimate of drug-likeness (QED) is 0.828. The minimum absolute atomic E-state index is 0.0489. The monoisotopic (exact) mass is 269 g/mol. The van der Waals surface area contributed by atoms with Gasteiger partial charge in [0.1, 0.15) is 6.04 Å². The van der Waals surface area contributed by atoms with E-state index in [0.29, 0.717) is 6.54 Å². The van der Waals surface area contributed by atoms with Gasteiger partial charge in [0.05, 0.1) is 0 Å². The highest BCUT2D eigenvalue weighted by molar-refractivity contribution is 5.84. The summed E-state index contributed by atoms with van der Waals surface area (Å²) < 4.78 is 2.24. The SMILES string of the molecule is Cc1cc2ccccc2n1CCNC(=O)[C@@H]1C=CCN1. The van der Waals surface area contributed by atoms with Crippen molar-refractivity contribution in [3.8, 4) is 0 Å². The number of aryl methyl sites for hydroxylation is 1. The number of hydrogen-bond donors (Lipinski definition) is 2. The third kappa shape index (κ3) is 2.47. The van der Waals surface area contributed by atoms with Crippen molar-refractivity contribution < 1.29 is 4.79 Å². The summed E-state index contributed by atoms with van der Waals surface area (Å²) in [5.74, 6) is 0.0489. The molecule has 1 atom stereocenters. The molecule has 2 aromatic rings. The number of rotatable bonds is 4. The molecule has 3 rings (SSSR count). The largest absolute Gasteiger partial charge is 0.353 e. The van der Waals surface area contributed by atoms with Crippen LogP contribution in [-0.4, -0.2) is 29.6 Å². The topological polar surface area (TPSA) is 46.1 Å². The summed E-state index contributed by atoms with van der Waals surface area (Å²) in [4.78, 5) is 11.9. The van der Waals surface area contributed by atoms with E-state index in [1.807, 2.05) is 24.3 Å². The number of carbonyl (C=O) groups excluding carboxylic acids is 1. The Balaban J connectivity index is 1.64. The minimum atomic E-state index is -0.169. The van der Waals surface area contributed by atoms with Crippen LogP contribution in [0, 0.1) is 6.92 Å². The van der Waals surface area contributed by atoms with Crippen molar-refractivity contribution in [3.63, 3.8) is 0 Å². The first-order chi connectivity index (χ1) is 9.75. The summed E-state index contributed by atoms with van der Waals surface area (Å²) in [5.41, 5.74) is 2.44. The fraction of sp³-hybridized carbons (Fsp3) is 0.312. The van der Waals surface area contributed by atoms with Gasteiger partial charge >= 0.3 is 0 Å². The van der Waals surface area contributed by atoms with Crippen molar-refractivity contribution in [3.05, 3.63) is 48.2 Å². The van der Waals surface area contributed by atoms with Gasteiger partial charge in [0.2, 0.25) is 5.91 Å². The van der Waals surface area contributed by atoms with Gasteiger partial charge in [-0.2, -0.15) is 0 Å². The zero-order chi connectivity index (χ0) is 13.9. The number of amides is 1. The zero-order valence-corrected chi connectivity index (χ0v) is 11.6. The Bertz CT molecular complexity index is 657. The second kappa shape index (κ2) is 5.51. The van der Waals surface area contributed by atoms with Crippen molar-refractivity contribution in [2.45, 2.75) is 19.5 Å². The van der Waals surface area contributed by atoms with Crippen LogP contribution in [0.4, 0.5) is 0 Å². The molecule has 2 N–H and O–H groups in total. The second-order valence-electron chi connectivity index (χ2n) is 5.10. The minimum Gasteiger partial charge on any atom is -0.353 e. The van der Waals surface area contributed by atoms with Crippen LogP contribution in [0.5, 0.6) is 0 Å². The van der Waals surface area contributed by atoms with Crippen molar-refractivity contribution in [1.29, 1.82) is 0 Å². The second-order valence-corrected chi connectivity index (χ2v) is 5.10. The molecule has 4 nitrogen and oxygen atoms in total. The summed E-state index contributed by atoms with van der Waals surface area (Å²) >= 11 is 0. The van der Waals surface area contributed by atoms with Gasteiger partial charge in [0, 0.05) is 30.8 Å². The highest BCUT2D eigenvalue weighted by atomic mass is 16.2. The molecule has 1 amide bonds. The lowest BCUT2D eigenvalue weighted by atomic mass is 10.2. The third-order valence-corrected chi connectivity index (χ3v) is 3.72. The molecular formula is C16H19N3O. The number of benzene rings is 1. The number of para-hydroxylation sites is 1. The maximum absolute atomic E-state index is 11.9. The predicted molar refractivity (Wildman–Crippen MR) is 80.6 cm³/mol. The maximum atomic E-state index is 11.9. The van der Waals surface area contributed by atoms with E-state index >= 15 is 0 Å². The lowest BCUT2D eigenvalue weighted by Crippen LogP contribution is -2.41. The highest BCUT2D eigenvalue weighted by Gasteiger charge is 2.16. The standard InChI is InChI=1S/C16H19N3O/c1-12-11-13-5-2-3-7-15(13)19(12)10-9-18-16(20)14-6-4-8-17-14/h2-7,11,14,17H,8-10H2,1H3,(H,18,20)/t14-/m0/s1. The number of nitrogens with one attached hydrogen (secondary N) is 2. The third-order valence-electron chi connectivity index (χ3n) is 3.72. The molecule has 2 heterocycles. The number of carbonyl (C=O) groups is 1. The van der Waals surface area contributed by atoms with Crippen molar-refractivity contribution in [2.75, 3.05) is 13.1 Å². The van der Waals surface area contributed by atoms with E-state index < -0.39 is 0 Å². The number of hydrogen-bond acceptors (Lipinski definition) is 2. The molecule has 0 bridgehead atoms. The van der Waals surface area contributed by atoms with Gasteiger partial charge in [-0.3, -0.25) is 10.1 Å². The molecule has 0 radical (unpaired) electrons. The summed E-state index contributed by atoms with van der Waals surface area (Å²) in [5, 5.41) is 7.34. The molecule has 1 aromatic carbocycles. The zero-order valence-electron chi connectivity index (χ0n) is 11.6. The van der Waals surface area contributed by atoms with E-state index in [2.05, 4.69) is 40.3 Å². The molecular weight excluding hydrogens is 250 g/mol. The van der Waals surface area contributed by atoms with E-state index in [0.717, 1.165) is 13.1 Å². The Hall–Kier alpha value is -2.07. The van der Waals surface area contributed by atoms with E-state index in [1.54, 1.807) is 0 Å². The Morgan fingerprint density at radius 3 is 3.10 bits per heavy atom. The van der Waals surface area contributed by atoms with Crippen LogP contribution in [0.3, 0.4) is 0 Å². The molecule has 0 unspecified atom stereocenters. The van der Waals surface area contributed by atoms with Crippen LogP contribution in [0.2, 0.25) is 0 Å². The lowest BCUT2D eigenvalue weighted by Gasteiger charge is -2.12. The molecule has 104 valence electrons. The van der Waals surface area contributed by atoms with E-state index in [-0.39, 0.29) is 11.9 Å². The van der Waals surface area contributed by atoms with Gasteiger partial charge in [-0.1, -0.05) is 30.4 Å². The van der Waals surface area contributed by atoms with Crippen LogP contribution < -0.4 is 10.6 Å². The number of aromatic nitrogens is 1. The maximum Gasteiger partial charge on any atom is 0.241 e.